The molecule has 0 N–H and O–H groups in total. The number of fused-ring (bicyclic) bond motifs is 11. The minimum Gasteiger partial charge on any atom is -0.211 e. The first-order valence-electron chi connectivity index (χ1n) is 24.2. The van der Waals surface area contributed by atoms with Gasteiger partial charge < -0.3 is 0 Å². The molecule has 65 heavy (non-hydrogen) atoms. The molecule has 0 radical (unpaired) electrons. The van der Waals surface area contributed by atoms with Crippen molar-refractivity contribution in [3.63, 3.8) is 0 Å². The molecule has 7 aliphatic carbocycles. The van der Waals surface area contributed by atoms with E-state index in [1.807, 2.05) is 0 Å². The van der Waals surface area contributed by atoms with E-state index in [9.17, 15) is 0 Å². The van der Waals surface area contributed by atoms with Gasteiger partial charge >= 0.3 is 0 Å². The van der Waals surface area contributed by atoms with Crippen LogP contribution in [0.2, 0.25) is 0 Å². The Bertz CT molecular complexity index is 3500. The van der Waals surface area contributed by atoms with E-state index < -0.39 is 0 Å². The molecule has 0 aromatic heterocycles. The standard InChI is InChI=1S/C64H49F/c1-2-37-29-30-50-57-42(37)25-15-27-46(57)61-53(38-17-7-3-8-18-38)48-33-31-44-43(59(48)55(63(50)61)40-21-11-5-12-22-40)32-34-49-54(39-19-9-4-10-20-39)62-47-28-16-26-45-52(65)36-35-51(58(45)47)64(62)56(60(44)49)41-23-13-6-14-24-41/h3-4,6-7,9-11,13-17,19-27,29-36,45,47,53,58,61H,2,5,8,12,18,28H2,1H3. The van der Waals surface area contributed by atoms with E-state index in [4.69, 9.17) is 0 Å². The first kappa shape index (κ1) is 37.5. The van der Waals surface area contributed by atoms with Crippen molar-refractivity contribution in [3.05, 3.63) is 232 Å². The van der Waals surface area contributed by atoms with Crippen LogP contribution >= 0.6 is 0 Å². The predicted octanol–water partition coefficient (Wildman–Crippen LogP) is 17.2. The highest BCUT2D eigenvalue weighted by molar-refractivity contribution is 6.26. The summed E-state index contributed by atoms with van der Waals surface area (Å²) in [7, 11) is 0. The highest BCUT2D eigenvalue weighted by Gasteiger charge is 2.48. The number of rotatable bonds is 5. The summed E-state index contributed by atoms with van der Waals surface area (Å²) in [5, 5.41) is 8.06. The lowest BCUT2D eigenvalue weighted by Gasteiger charge is -2.38. The van der Waals surface area contributed by atoms with Crippen molar-refractivity contribution in [2.45, 2.75) is 63.2 Å². The quantitative estimate of drug-likeness (QED) is 0.120. The van der Waals surface area contributed by atoms with Crippen LogP contribution in [0, 0.1) is 11.8 Å². The third kappa shape index (κ3) is 5.19. The van der Waals surface area contributed by atoms with Gasteiger partial charge in [0.1, 0.15) is 5.83 Å². The van der Waals surface area contributed by atoms with Crippen LogP contribution in [0.4, 0.5) is 4.39 Å². The summed E-state index contributed by atoms with van der Waals surface area (Å²) in [5.41, 5.74) is 22.0. The molecule has 0 aliphatic heterocycles. The highest BCUT2D eigenvalue weighted by atomic mass is 19.1. The van der Waals surface area contributed by atoms with Gasteiger partial charge in [-0.1, -0.05) is 182 Å². The lowest BCUT2D eigenvalue weighted by molar-refractivity contribution is 0.383. The zero-order chi connectivity index (χ0) is 42.9. The number of hydrogen-bond acceptors (Lipinski definition) is 0. The van der Waals surface area contributed by atoms with Crippen molar-refractivity contribution >= 4 is 49.0 Å². The van der Waals surface area contributed by atoms with E-state index in [0.29, 0.717) is 0 Å². The van der Waals surface area contributed by atoms with E-state index in [1.165, 1.54) is 121 Å². The molecular weight excluding hydrogens is 788 g/mol. The Morgan fingerprint density at radius 2 is 1.42 bits per heavy atom. The van der Waals surface area contributed by atoms with Gasteiger partial charge in [0.2, 0.25) is 0 Å². The maximum atomic E-state index is 16.0. The number of benzene rings is 7. The molecule has 0 bridgehead atoms. The Morgan fingerprint density at radius 3 is 2.20 bits per heavy atom. The van der Waals surface area contributed by atoms with Crippen molar-refractivity contribution < 1.29 is 4.39 Å². The van der Waals surface area contributed by atoms with Crippen LogP contribution in [-0.4, -0.2) is 0 Å². The average molecular weight is 837 g/mol. The van der Waals surface area contributed by atoms with Gasteiger partial charge in [0.15, 0.2) is 0 Å². The molecule has 0 fully saturated rings. The molecule has 14 rings (SSSR count). The van der Waals surface area contributed by atoms with Gasteiger partial charge in [-0.2, -0.15) is 0 Å². The van der Waals surface area contributed by atoms with Crippen LogP contribution < -0.4 is 0 Å². The van der Waals surface area contributed by atoms with Crippen LogP contribution in [0.25, 0.3) is 71.3 Å². The molecular formula is C64H49F. The Balaban J connectivity index is 1.17. The molecule has 7 aromatic carbocycles. The first-order valence-corrected chi connectivity index (χ1v) is 24.2. The molecule has 7 aromatic rings. The summed E-state index contributed by atoms with van der Waals surface area (Å²) in [6.07, 6.45) is 28.9. The number of allylic oxidation sites excluding steroid dienone is 16. The van der Waals surface area contributed by atoms with Gasteiger partial charge in [-0.3, -0.25) is 0 Å². The minimum atomic E-state index is -0.242. The van der Waals surface area contributed by atoms with Gasteiger partial charge in [-0.15, -0.1) is 0 Å². The molecule has 0 spiro atoms. The van der Waals surface area contributed by atoms with Crippen LogP contribution in [0.5, 0.6) is 0 Å². The SMILES string of the molecule is CCc1ccc2c3c(cccc13)C1C2=C(C2=CCCC=C2)c2c(ccc3c2ccc2c(-c4ccccc4)c4c(c(-c5ccccc5)c23)C2=CC=C(F)C3C=CCC4C23)C1C1=CC=CCC1. The van der Waals surface area contributed by atoms with E-state index >= 15 is 4.39 Å². The topological polar surface area (TPSA) is 0 Å². The maximum absolute atomic E-state index is 16.0. The van der Waals surface area contributed by atoms with Gasteiger partial charge in [0.05, 0.1) is 0 Å². The second-order valence-electron chi connectivity index (χ2n) is 19.4. The van der Waals surface area contributed by atoms with E-state index in [1.54, 1.807) is 6.08 Å². The second-order valence-corrected chi connectivity index (χ2v) is 19.4. The largest absolute Gasteiger partial charge is 0.211 e. The zero-order valence-corrected chi connectivity index (χ0v) is 36.8. The monoisotopic (exact) mass is 836 g/mol. The van der Waals surface area contributed by atoms with Gasteiger partial charge in [-0.05, 0) is 166 Å². The summed E-state index contributed by atoms with van der Waals surface area (Å²) in [6, 6.07) is 44.3. The third-order valence-corrected chi connectivity index (χ3v) is 16.4. The number of halogens is 1. The Hall–Kier alpha value is -6.83. The Labute approximate surface area is 380 Å². The van der Waals surface area contributed by atoms with E-state index in [2.05, 4.69) is 177 Å². The molecule has 1 heteroatoms. The van der Waals surface area contributed by atoms with Crippen LogP contribution in [0.15, 0.2) is 193 Å². The fraction of sp³-hybridized carbons (Fsp3) is 0.188. The fourth-order valence-electron chi connectivity index (χ4n) is 13.9. The third-order valence-electron chi connectivity index (χ3n) is 16.4. The molecule has 0 saturated heterocycles. The summed E-state index contributed by atoms with van der Waals surface area (Å²) in [6.45, 7) is 2.30. The molecule has 0 heterocycles. The summed E-state index contributed by atoms with van der Waals surface area (Å²) in [5.74, 6) is 0.421. The Kier molecular flexibility index (Phi) is 8.28. The average Bonchev–Trinajstić information content (AvgIpc) is 3.88. The number of hydrogen-bond donors (Lipinski definition) is 0. The maximum Gasteiger partial charge on any atom is 0.107 e. The molecule has 5 atom stereocenters. The van der Waals surface area contributed by atoms with Gasteiger partial charge in [-0.25, -0.2) is 4.39 Å². The minimum absolute atomic E-state index is 0.0182. The zero-order valence-electron chi connectivity index (χ0n) is 36.8. The Morgan fingerprint density at radius 1 is 0.600 bits per heavy atom. The van der Waals surface area contributed by atoms with Gasteiger partial charge in [0.25, 0.3) is 0 Å². The van der Waals surface area contributed by atoms with E-state index in [-0.39, 0.29) is 35.4 Å². The predicted molar refractivity (Wildman–Crippen MR) is 272 cm³/mol. The van der Waals surface area contributed by atoms with Crippen LogP contribution in [0.3, 0.4) is 0 Å². The van der Waals surface area contributed by atoms with Crippen molar-refractivity contribution in [1.29, 1.82) is 0 Å². The van der Waals surface area contributed by atoms with Crippen molar-refractivity contribution in [3.8, 4) is 22.3 Å². The van der Waals surface area contributed by atoms with Crippen molar-refractivity contribution in [1.82, 2.24) is 0 Å². The first-order chi connectivity index (χ1) is 32.2. The number of aryl methyl sites for hydroxylation is 1. The highest BCUT2D eigenvalue weighted by Crippen LogP contribution is 2.66. The van der Waals surface area contributed by atoms with Gasteiger partial charge in [0, 0.05) is 23.7 Å². The summed E-state index contributed by atoms with van der Waals surface area (Å²) in [4.78, 5) is 0. The molecule has 0 nitrogen and oxygen atoms in total. The van der Waals surface area contributed by atoms with Crippen LogP contribution in [0.1, 0.15) is 95.7 Å². The van der Waals surface area contributed by atoms with Crippen molar-refractivity contribution in [2.75, 3.05) is 0 Å². The molecule has 0 amide bonds. The molecule has 312 valence electrons. The summed E-state index contributed by atoms with van der Waals surface area (Å²) < 4.78 is 16.0. The van der Waals surface area contributed by atoms with E-state index in [0.717, 1.165) is 38.5 Å². The molecule has 0 saturated carbocycles. The molecule has 7 aliphatic rings. The summed E-state index contributed by atoms with van der Waals surface area (Å²) >= 11 is 0. The smallest absolute Gasteiger partial charge is 0.107 e. The van der Waals surface area contributed by atoms with Crippen LogP contribution in [-0.2, 0) is 6.42 Å². The fourth-order valence-corrected chi connectivity index (χ4v) is 13.9. The normalized spacial score (nSPS) is 23.3. The lowest BCUT2D eigenvalue weighted by Crippen LogP contribution is -2.22. The second kappa shape index (κ2) is 14.3. The molecule has 5 unspecified atom stereocenters. The lowest BCUT2D eigenvalue weighted by atomic mass is 9.64. The van der Waals surface area contributed by atoms with Crippen molar-refractivity contribution in [2.24, 2.45) is 11.8 Å².